The Morgan fingerprint density at radius 3 is 2.67 bits per heavy atom. The largest absolute Gasteiger partial charge is 0.132 e. The normalized spacial score (nSPS) is 19.8. The van der Waals surface area contributed by atoms with E-state index < -0.39 is 8.07 Å². The third-order valence-electron chi connectivity index (χ3n) is 2.41. The number of allylic oxidation sites excluding steroid dienone is 4. The molecule has 15 heavy (non-hydrogen) atoms. The lowest BCUT2D eigenvalue weighted by molar-refractivity contribution is 0.571. The van der Waals surface area contributed by atoms with E-state index in [1.165, 1.54) is 19.3 Å². The lowest BCUT2D eigenvalue weighted by Crippen LogP contribution is -2.16. The van der Waals surface area contributed by atoms with Crippen molar-refractivity contribution < 1.29 is 0 Å². The van der Waals surface area contributed by atoms with Gasteiger partial charge >= 0.3 is 0 Å². The molecule has 1 heteroatoms. The van der Waals surface area contributed by atoms with Crippen molar-refractivity contribution in [2.75, 3.05) is 0 Å². The molecule has 1 rings (SSSR count). The molecule has 0 bridgehead atoms. The van der Waals surface area contributed by atoms with Crippen molar-refractivity contribution >= 4 is 8.07 Å². The molecule has 0 spiro atoms. The summed E-state index contributed by atoms with van der Waals surface area (Å²) in [6, 6.07) is 0. The van der Waals surface area contributed by atoms with Gasteiger partial charge in [-0.25, -0.2) is 0 Å². The number of hydrogen-bond acceptors (Lipinski definition) is 0. The minimum absolute atomic E-state index is 0.767. The zero-order chi connectivity index (χ0) is 11.1. The van der Waals surface area contributed by atoms with Gasteiger partial charge in [0, 0.05) is 6.42 Å². The van der Waals surface area contributed by atoms with Gasteiger partial charge in [-0.15, -0.1) is 11.5 Å². The second-order valence-corrected chi connectivity index (χ2v) is 10.0. The topological polar surface area (TPSA) is 0 Å². The van der Waals surface area contributed by atoms with E-state index in [0.29, 0.717) is 0 Å². The SMILES string of the molecule is C[Si](C)(C)C#CCCCC1C=CC=CC1. The van der Waals surface area contributed by atoms with Crippen LogP contribution in [0.4, 0.5) is 0 Å². The van der Waals surface area contributed by atoms with Crippen LogP contribution in [-0.4, -0.2) is 8.07 Å². The molecule has 1 unspecified atom stereocenters. The van der Waals surface area contributed by atoms with Crippen LogP contribution in [0, 0.1) is 17.4 Å². The summed E-state index contributed by atoms with van der Waals surface area (Å²) in [6.07, 6.45) is 13.7. The Bertz CT molecular complexity index is 294. The maximum atomic E-state index is 3.42. The summed E-state index contributed by atoms with van der Waals surface area (Å²) in [4.78, 5) is 0. The fourth-order valence-corrected chi connectivity index (χ4v) is 2.28. The Kier molecular flexibility index (Phi) is 4.91. The van der Waals surface area contributed by atoms with Gasteiger partial charge in [-0.1, -0.05) is 43.9 Å². The molecule has 0 aromatic carbocycles. The molecule has 1 aliphatic carbocycles. The fourth-order valence-electron chi connectivity index (χ4n) is 1.63. The van der Waals surface area contributed by atoms with Crippen LogP contribution in [0.2, 0.25) is 19.6 Å². The van der Waals surface area contributed by atoms with E-state index in [1.807, 2.05) is 0 Å². The predicted octanol–water partition coefficient (Wildman–Crippen LogP) is 4.17. The molecule has 1 atom stereocenters. The van der Waals surface area contributed by atoms with Gasteiger partial charge in [0.1, 0.15) is 8.07 Å². The van der Waals surface area contributed by atoms with Crippen molar-refractivity contribution in [3.63, 3.8) is 0 Å². The van der Waals surface area contributed by atoms with Crippen molar-refractivity contribution in [3.05, 3.63) is 24.3 Å². The maximum absolute atomic E-state index is 3.42. The first kappa shape index (κ1) is 12.3. The Hall–Kier alpha value is -0.743. The van der Waals surface area contributed by atoms with Crippen LogP contribution in [-0.2, 0) is 0 Å². The standard InChI is InChI=1S/C14H22Si/c1-15(2,3)13-9-5-8-12-14-10-6-4-7-11-14/h4,6-7,10,14H,5,8,11-12H2,1-3H3. The summed E-state index contributed by atoms with van der Waals surface area (Å²) in [5.74, 6) is 4.10. The molecule has 0 saturated heterocycles. The lowest BCUT2D eigenvalue weighted by atomic mass is 9.95. The summed E-state index contributed by atoms with van der Waals surface area (Å²) < 4.78 is 0. The molecule has 0 heterocycles. The van der Waals surface area contributed by atoms with Crippen LogP contribution in [0.25, 0.3) is 0 Å². The molecule has 0 saturated carbocycles. The van der Waals surface area contributed by atoms with Gasteiger partial charge in [0.15, 0.2) is 0 Å². The third kappa shape index (κ3) is 6.36. The van der Waals surface area contributed by atoms with E-state index in [9.17, 15) is 0 Å². The molecule has 0 aromatic heterocycles. The highest BCUT2D eigenvalue weighted by Gasteiger charge is 2.07. The molecule has 1 aliphatic rings. The average molecular weight is 218 g/mol. The summed E-state index contributed by atoms with van der Waals surface area (Å²) in [6.45, 7) is 6.90. The second kappa shape index (κ2) is 5.98. The van der Waals surface area contributed by atoms with Gasteiger partial charge in [-0.2, -0.15) is 0 Å². The Morgan fingerprint density at radius 1 is 1.27 bits per heavy atom. The number of hydrogen-bond donors (Lipinski definition) is 0. The summed E-state index contributed by atoms with van der Waals surface area (Å²) in [7, 11) is -1.13. The van der Waals surface area contributed by atoms with Gasteiger partial charge in [-0.3, -0.25) is 0 Å². The van der Waals surface area contributed by atoms with Crippen LogP contribution in [0.1, 0.15) is 25.7 Å². The van der Waals surface area contributed by atoms with Crippen LogP contribution < -0.4 is 0 Å². The molecule has 82 valence electrons. The van der Waals surface area contributed by atoms with Gasteiger partial charge in [0.25, 0.3) is 0 Å². The molecular formula is C14H22Si. The quantitative estimate of drug-likeness (QED) is 0.379. The van der Waals surface area contributed by atoms with Crippen molar-refractivity contribution in [1.29, 1.82) is 0 Å². The molecule has 0 aromatic rings. The first-order chi connectivity index (χ1) is 7.08. The van der Waals surface area contributed by atoms with Crippen LogP contribution in [0.5, 0.6) is 0 Å². The summed E-state index contributed by atoms with van der Waals surface area (Å²) >= 11 is 0. The number of unbranched alkanes of at least 4 members (excludes halogenated alkanes) is 1. The Labute approximate surface area is 95.5 Å². The van der Waals surface area contributed by atoms with E-state index in [2.05, 4.69) is 55.4 Å². The molecular weight excluding hydrogens is 196 g/mol. The van der Waals surface area contributed by atoms with Crippen molar-refractivity contribution in [2.45, 2.75) is 45.3 Å². The van der Waals surface area contributed by atoms with Crippen LogP contribution in [0.3, 0.4) is 0 Å². The molecule has 0 radical (unpaired) electrons. The Balaban J connectivity index is 2.13. The van der Waals surface area contributed by atoms with Crippen molar-refractivity contribution in [1.82, 2.24) is 0 Å². The van der Waals surface area contributed by atoms with E-state index >= 15 is 0 Å². The van der Waals surface area contributed by atoms with Gasteiger partial charge < -0.3 is 0 Å². The van der Waals surface area contributed by atoms with E-state index in [0.717, 1.165) is 12.3 Å². The number of rotatable bonds is 3. The van der Waals surface area contributed by atoms with Crippen LogP contribution in [0.15, 0.2) is 24.3 Å². The third-order valence-corrected chi connectivity index (χ3v) is 3.34. The molecule has 0 N–H and O–H groups in total. The zero-order valence-corrected chi connectivity index (χ0v) is 11.2. The fraction of sp³-hybridized carbons (Fsp3) is 0.571. The Morgan fingerprint density at radius 2 is 2.07 bits per heavy atom. The average Bonchev–Trinajstić information content (AvgIpc) is 2.17. The highest BCUT2D eigenvalue weighted by Crippen LogP contribution is 2.17. The predicted molar refractivity (Wildman–Crippen MR) is 71.4 cm³/mol. The van der Waals surface area contributed by atoms with Gasteiger partial charge in [0.05, 0.1) is 0 Å². The van der Waals surface area contributed by atoms with Crippen LogP contribution >= 0.6 is 0 Å². The van der Waals surface area contributed by atoms with Gasteiger partial charge in [0.2, 0.25) is 0 Å². The smallest absolute Gasteiger partial charge is 0.129 e. The molecule has 0 amide bonds. The highest BCUT2D eigenvalue weighted by atomic mass is 28.3. The van der Waals surface area contributed by atoms with E-state index in [4.69, 9.17) is 0 Å². The van der Waals surface area contributed by atoms with E-state index in [1.54, 1.807) is 0 Å². The molecule has 0 nitrogen and oxygen atoms in total. The summed E-state index contributed by atoms with van der Waals surface area (Å²) in [5, 5.41) is 0. The first-order valence-electron chi connectivity index (χ1n) is 5.91. The van der Waals surface area contributed by atoms with Crippen molar-refractivity contribution in [3.8, 4) is 11.5 Å². The maximum Gasteiger partial charge on any atom is 0.129 e. The first-order valence-corrected chi connectivity index (χ1v) is 9.41. The lowest BCUT2D eigenvalue weighted by Gasteiger charge is -2.11. The van der Waals surface area contributed by atoms with E-state index in [-0.39, 0.29) is 0 Å². The molecule has 0 aliphatic heterocycles. The van der Waals surface area contributed by atoms with Gasteiger partial charge in [-0.05, 0) is 25.2 Å². The minimum atomic E-state index is -1.13. The van der Waals surface area contributed by atoms with Crippen molar-refractivity contribution in [2.24, 2.45) is 5.92 Å². The second-order valence-electron chi connectivity index (χ2n) is 5.25. The highest BCUT2D eigenvalue weighted by molar-refractivity contribution is 6.83. The zero-order valence-electron chi connectivity index (χ0n) is 10.2. The monoisotopic (exact) mass is 218 g/mol. The minimum Gasteiger partial charge on any atom is -0.132 e. The molecule has 0 fully saturated rings. The summed E-state index contributed by atoms with van der Waals surface area (Å²) in [5.41, 5.74) is 3.42.